The maximum absolute atomic E-state index is 13.7. The van der Waals surface area contributed by atoms with Gasteiger partial charge >= 0.3 is 12.1 Å². The van der Waals surface area contributed by atoms with Crippen molar-refractivity contribution >= 4 is 35.4 Å². The number of alkyl carbamates (subject to hydrolysis) is 1. The summed E-state index contributed by atoms with van der Waals surface area (Å²) in [5.41, 5.74) is -0.902. The highest BCUT2D eigenvalue weighted by molar-refractivity contribution is 7.99. The number of thioether (sulfide) groups is 1. The first-order chi connectivity index (χ1) is 11.3. The molecule has 0 heterocycles. The van der Waals surface area contributed by atoms with Crippen LogP contribution < -0.4 is 5.32 Å². The van der Waals surface area contributed by atoms with Gasteiger partial charge in [0, 0.05) is 5.75 Å². The van der Waals surface area contributed by atoms with E-state index in [-0.39, 0.29) is 11.8 Å². The molecule has 0 aliphatic rings. The summed E-state index contributed by atoms with van der Waals surface area (Å²) in [6.07, 6.45) is -1.07. The Labute approximate surface area is 149 Å². The SMILES string of the molecule is CC(C)(C)OC(=O)NC(CSc1c(F)c(F)c(Cl)c(F)c1F)C(=O)O. The molecule has 0 bridgehead atoms. The van der Waals surface area contributed by atoms with E-state index in [1.807, 2.05) is 5.32 Å². The molecular weight excluding hydrogens is 390 g/mol. The Hall–Kier alpha value is -1.68. The number of amides is 1. The predicted molar refractivity (Wildman–Crippen MR) is 82.8 cm³/mol. The van der Waals surface area contributed by atoms with Gasteiger partial charge in [0.2, 0.25) is 0 Å². The number of carboxylic acid groups (broad SMARTS) is 1. The Morgan fingerprint density at radius 1 is 1.16 bits per heavy atom. The first kappa shape index (κ1) is 21.4. The smallest absolute Gasteiger partial charge is 0.408 e. The van der Waals surface area contributed by atoms with Crippen LogP contribution >= 0.6 is 23.4 Å². The molecule has 1 aromatic rings. The fraction of sp³-hybridized carbons (Fsp3) is 0.429. The first-order valence-corrected chi connectivity index (χ1v) is 8.08. The molecule has 25 heavy (non-hydrogen) atoms. The number of carbonyl (C=O) groups excluding carboxylic acids is 1. The minimum absolute atomic E-state index is 0.167. The van der Waals surface area contributed by atoms with Gasteiger partial charge in [-0.1, -0.05) is 11.6 Å². The lowest BCUT2D eigenvalue weighted by atomic mass is 10.2. The van der Waals surface area contributed by atoms with Crippen LogP contribution in [0.5, 0.6) is 0 Å². The third-order valence-electron chi connectivity index (χ3n) is 2.55. The molecule has 0 aromatic heterocycles. The molecule has 2 N–H and O–H groups in total. The van der Waals surface area contributed by atoms with E-state index >= 15 is 0 Å². The monoisotopic (exact) mass is 403 g/mol. The van der Waals surface area contributed by atoms with Gasteiger partial charge in [-0.25, -0.2) is 27.2 Å². The van der Waals surface area contributed by atoms with Gasteiger partial charge in [-0.3, -0.25) is 0 Å². The zero-order valence-electron chi connectivity index (χ0n) is 13.3. The summed E-state index contributed by atoms with van der Waals surface area (Å²) in [5, 5.41) is 9.69. The fourth-order valence-electron chi connectivity index (χ4n) is 1.50. The minimum atomic E-state index is -1.80. The molecule has 1 atom stereocenters. The molecule has 0 saturated carbocycles. The highest BCUT2D eigenvalue weighted by atomic mass is 35.5. The summed E-state index contributed by atoms with van der Waals surface area (Å²) < 4.78 is 59.0. The number of rotatable bonds is 5. The van der Waals surface area contributed by atoms with Crippen LogP contribution in [-0.2, 0) is 9.53 Å². The van der Waals surface area contributed by atoms with Crippen LogP contribution in [0.4, 0.5) is 22.4 Å². The van der Waals surface area contributed by atoms with Crippen molar-refractivity contribution in [2.75, 3.05) is 5.75 Å². The third-order valence-corrected chi connectivity index (χ3v) is 4.03. The van der Waals surface area contributed by atoms with E-state index in [0.29, 0.717) is 0 Å². The largest absolute Gasteiger partial charge is 0.480 e. The zero-order chi connectivity index (χ0) is 19.5. The quantitative estimate of drug-likeness (QED) is 0.337. The minimum Gasteiger partial charge on any atom is -0.480 e. The molecule has 0 fully saturated rings. The Kier molecular flexibility index (Phi) is 6.95. The average Bonchev–Trinajstić information content (AvgIpc) is 2.47. The van der Waals surface area contributed by atoms with Crippen molar-refractivity contribution < 1.29 is 37.0 Å². The molecule has 1 unspecified atom stereocenters. The Bertz CT molecular complexity index is 667. The number of hydrogen-bond acceptors (Lipinski definition) is 4. The molecule has 0 spiro atoms. The lowest BCUT2D eigenvalue weighted by molar-refractivity contribution is -0.138. The van der Waals surface area contributed by atoms with Crippen molar-refractivity contribution in [2.45, 2.75) is 37.3 Å². The molecule has 1 rings (SSSR count). The second-order valence-corrected chi connectivity index (χ2v) is 7.16. The topological polar surface area (TPSA) is 75.6 Å². The fourth-order valence-corrected chi connectivity index (χ4v) is 2.66. The number of aliphatic carboxylic acids is 1. The van der Waals surface area contributed by atoms with Gasteiger partial charge in [-0.05, 0) is 20.8 Å². The van der Waals surface area contributed by atoms with Crippen molar-refractivity contribution in [1.29, 1.82) is 0 Å². The molecule has 0 saturated heterocycles. The molecule has 0 aliphatic heterocycles. The van der Waals surface area contributed by atoms with Gasteiger partial charge in [0.15, 0.2) is 23.3 Å². The van der Waals surface area contributed by atoms with E-state index < -0.39 is 62.6 Å². The standard InChI is InChI=1S/C14H14ClF4NO4S/c1-14(2,3)24-13(23)20-5(12(21)22)4-25-11-9(18)7(16)6(15)8(17)10(11)19/h5H,4H2,1-3H3,(H,20,23)(H,21,22). The maximum atomic E-state index is 13.7. The Balaban J connectivity index is 2.93. The number of carbonyl (C=O) groups is 2. The molecule has 0 radical (unpaired) electrons. The summed E-state index contributed by atoms with van der Waals surface area (Å²) >= 11 is 5.26. The van der Waals surface area contributed by atoms with Crippen LogP contribution in [0.25, 0.3) is 0 Å². The molecule has 11 heteroatoms. The number of carboxylic acids is 1. The maximum Gasteiger partial charge on any atom is 0.408 e. The normalized spacial score (nSPS) is 12.6. The molecule has 1 aromatic carbocycles. The second-order valence-electron chi connectivity index (χ2n) is 5.75. The summed E-state index contributed by atoms with van der Waals surface area (Å²) in [6, 6.07) is -1.62. The van der Waals surface area contributed by atoms with Crippen molar-refractivity contribution in [1.82, 2.24) is 5.32 Å². The van der Waals surface area contributed by atoms with Gasteiger partial charge in [0.05, 0.1) is 4.90 Å². The highest BCUT2D eigenvalue weighted by Crippen LogP contribution is 2.34. The van der Waals surface area contributed by atoms with Crippen molar-refractivity contribution in [3.8, 4) is 0 Å². The van der Waals surface area contributed by atoms with Crippen LogP contribution in [0, 0.1) is 23.3 Å². The molecule has 1 amide bonds. The third kappa shape index (κ3) is 5.67. The number of nitrogens with one attached hydrogen (secondary N) is 1. The van der Waals surface area contributed by atoms with Gasteiger partial charge in [0.25, 0.3) is 0 Å². The van der Waals surface area contributed by atoms with E-state index in [9.17, 15) is 27.2 Å². The zero-order valence-corrected chi connectivity index (χ0v) is 14.8. The van der Waals surface area contributed by atoms with Crippen molar-refractivity contribution in [3.05, 3.63) is 28.3 Å². The summed E-state index contributed by atoms with van der Waals surface area (Å²) in [4.78, 5) is 21.6. The lowest BCUT2D eigenvalue weighted by Crippen LogP contribution is -2.44. The van der Waals surface area contributed by atoms with Crippen LogP contribution in [0.3, 0.4) is 0 Å². The van der Waals surface area contributed by atoms with Gasteiger partial charge in [-0.15, -0.1) is 11.8 Å². The van der Waals surface area contributed by atoms with Crippen LogP contribution in [0.15, 0.2) is 4.90 Å². The number of ether oxygens (including phenoxy) is 1. The first-order valence-electron chi connectivity index (χ1n) is 6.71. The average molecular weight is 404 g/mol. The molecule has 5 nitrogen and oxygen atoms in total. The van der Waals surface area contributed by atoms with Gasteiger partial charge in [0.1, 0.15) is 16.7 Å². The predicted octanol–water partition coefficient (Wildman–Crippen LogP) is 3.97. The second kappa shape index (κ2) is 8.13. The molecular formula is C14H14ClF4NO4S. The van der Waals surface area contributed by atoms with E-state index in [1.54, 1.807) is 20.8 Å². The van der Waals surface area contributed by atoms with E-state index in [2.05, 4.69) is 0 Å². The van der Waals surface area contributed by atoms with E-state index in [0.717, 1.165) is 0 Å². The van der Waals surface area contributed by atoms with Crippen LogP contribution in [-0.4, -0.2) is 34.6 Å². The lowest BCUT2D eigenvalue weighted by Gasteiger charge is -2.22. The number of halogens is 5. The Morgan fingerprint density at radius 3 is 2.04 bits per heavy atom. The van der Waals surface area contributed by atoms with E-state index in [4.69, 9.17) is 21.4 Å². The molecule has 140 valence electrons. The summed E-state index contributed by atoms with van der Waals surface area (Å²) in [5.74, 6) is -9.26. The summed E-state index contributed by atoms with van der Waals surface area (Å²) in [7, 11) is 0. The van der Waals surface area contributed by atoms with Crippen molar-refractivity contribution in [3.63, 3.8) is 0 Å². The van der Waals surface area contributed by atoms with Gasteiger partial charge in [-0.2, -0.15) is 0 Å². The number of benzene rings is 1. The summed E-state index contributed by atoms with van der Waals surface area (Å²) in [6.45, 7) is 4.63. The van der Waals surface area contributed by atoms with Crippen LogP contribution in [0.1, 0.15) is 20.8 Å². The highest BCUT2D eigenvalue weighted by Gasteiger charge is 2.28. The number of hydrogen-bond donors (Lipinski definition) is 2. The van der Waals surface area contributed by atoms with Crippen molar-refractivity contribution in [2.24, 2.45) is 0 Å². The van der Waals surface area contributed by atoms with E-state index in [1.165, 1.54) is 0 Å². The Morgan fingerprint density at radius 2 is 1.64 bits per heavy atom. The van der Waals surface area contributed by atoms with Gasteiger partial charge < -0.3 is 15.2 Å². The van der Waals surface area contributed by atoms with Crippen LogP contribution in [0.2, 0.25) is 5.02 Å². The molecule has 0 aliphatic carbocycles.